The molecule has 3 N–H and O–H groups in total. The van der Waals surface area contributed by atoms with E-state index in [2.05, 4.69) is 113 Å². The Balaban J connectivity index is 5.41. The quantitative estimate of drug-likeness (QED) is 0.0169. The predicted octanol–water partition coefficient (Wildman–Crippen LogP) is 22.8. The minimum atomic E-state index is -4.99. The van der Waals surface area contributed by atoms with Crippen LogP contribution < -0.4 is 0 Å². The van der Waals surface area contributed by atoms with Crippen LogP contribution in [0.1, 0.15) is 336 Å². The fourth-order valence-electron chi connectivity index (χ4n) is 10.4. The minimum absolute atomic E-state index is 0.0162. The number of aliphatic hydroxyl groups excluding tert-OH is 1. The van der Waals surface area contributed by atoms with E-state index in [0.29, 0.717) is 32.1 Å². The predicted molar refractivity (Wildman–Crippen MR) is 409 cm³/mol. The fraction of sp³-hybridized carbons (Fsp3) is 0.753. The van der Waals surface area contributed by atoms with Gasteiger partial charge in [0.25, 0.3) is 0 Å². The number of phosphoric acid groups is 2. The van der Waals surface area contributed by atoms with Gasteiger partial charge in [-0.2, -0.15) is 0 Å². The third-order valence-electron chi connectivity index (χ3n) is 16.5. The van der Waals surface area contributed by atoms with Crippen LogP contribution in [0.15, 0.2) is 97.2 Å². The lowest BCUT2D eigenvalue weighted by Gasteiger charge is -2.21. The molecule has 0 saturated carbocycles. The summed E-state index contributed by atoms with van der Waals surface area (Å²) < 4.78 is 68.5. The van der Waals surface area contributed by atoms with Crippen molar-refractivity contribution < 1.29 is 80.2 Å². The SMILES string of the molecule is CCCCC/C=C\C/C=C\C/C=C\C/C=C\CCCC(=O)O[C@H](COC(=O)CCCCCCC/C=C\C/C=C\CCCCC)COP(=O)(O)OC[C@@H](O)COP(=O)(O)OC[C@@H](COC(=O)CCCCCCC/C=C\C/C=C\CCCCC)OC(=O)CCCCCCCCCCCCCCC. The zero-order valence-electron chi connectivity index (χ0n) is 63.1. The first-order valence-corrected chi connectivity index (χ1v) is 42.5. The average Bonchev–Trinajstić information content (AvgIpc) is 0.962. The Morgan fingerprint density at radius 3 is 0.810 bits per heavy atom. The normalized spacial score (nSPS) is 14.4. The van der Waals surface area contributed by atoms with E-state index in [4.69, 9.17) is 37.0 Å². The van der Waals surface area contributed by atoms with Crippen molar-refractivity contribution in [1.29, 1.82) is 0 Å². The second-order valence-electron chi connectivity index (χ2n) is 26.3. The number of phosphoric ester groups is 2. The van der Waals surface area contributed by atoms with Gasteiger partial charge in [-0.05, 0) is 128 Å². The summed E-state index contributed by atoms with van der Waals surface area (Å²) in [6.07, 6.45) is 76.8. The fourth-order valence-corrected chi connectivity index (χ4v) is 12.0. The number of unbranched alkanes of at least 4 members (excludes halogenated alkanes) is 32. The molecule has 0 amide bonds. The first kappa shape index (κ1) is 96.0. The summed E-state index contributed by atoms with van der Waals surface area (Å²) in [6.45, 7) is 4.73. The summed E-state index contributed by atoms with van der Waals surface area (Å²) in [5, 5.41) is 10.6. The zero-order valence-corrected chi connectivity index (χ0v) is 64.9. The Labute approximate surface area is 607 Å². The number of aliphatic hydroxyl groups is 1. The Hall–Kier alpha value is -4.02. The zero-order chi connectivity index (χ0) is 73.2. The van der Waals surface area contributed by atoms with Gasteiger partial charge in [-0.25, -0.2) is 9.13 Å². The van der Waals surface area contributed by atoms with Crippen LogP contribution in [-0.4, -0.2) is 96.7 Å². The maximum Gasteiger partial charge on any atom is 0.472 e. The van der Waals surface area contributed by atoms with E-state index in [-0.39, 0.29) is 25.7 Å². The van der Waals surface area contributed by atoms with Crippen LogP contribution in [0, 0.1) is 0 Å². The van der Waals surface area contributed by atoms with Gasteiger partial charge in [-0.15, -0.1) is 0 Å². The minimum Gasteiger partial charge on any atom is -0.462 e. The first-order chi connectivity index (χ1) is 48.7. The molecule has 0 aliphatic carbocycles. The summed E-state index contributed by atoms with van der Waals surface area (Å²) >= 11 is 0. The second kappa shape index (κ2) is 73.3. The molecule has 0 heterocycles. The summed E-state index contributed by atoms with van der Waals surface area (Å²) in [6, 6.07) is 0. The van der Waals surface area contributed by atoms with Gasteiger partial charge < -0.3 is 33.8 Å². The molecule has 0 aliphatic rings. The van der Waals surface area contributed by atoms with Crippen LogP contribution in [0.5, 0.6) is 0 Å². The molecule has 0 radical (unpaired) electrons. The highest BCUT2D eigenvalue weighted by molar-refractivity contribution is 7.47. The molecule has 19 heteroatoms. The van der Waals surface area contributed by atoms with E-state index < -0.39 is 97.5 Å². The summed E-state index contributed by atoms with van der Waals surface area (Å²) in [5.41, 5.74) is 0. The van der Waals surface area contributed by atoms with E-state index in [1.165, 1.54) is 109 Å². The van der Waals surface area contributed by atoms with Gasteiger partial charge in [-0.1, -0.05) is 279 Å². The number of ether oxygens (including phenoxy) is 4. The number of allylic oxidation sites excluding steroid dienone is 16. The Morgan fingerprint density at radius 2 is 0.500 bits per heavy atom. The first-order valence-electron chi connectivity index (χ1n) is 39.5. The molecule has 17 nitrogen and oxygen atoms in total. The van der Waals surface area contributed by atoms with E-state index in [1.54, 1.807) is 0 Å². The maximum atomic E-state index is 13.1. The number of carbonyl (C=O) groups excluding carboxylic acids is 4. The Bertz CT molecular complexity index is 2270. The van der Waals surface area contributed by atoms with Gasteiger partial charge in [0, 0.05) is 25.7 Å². The molecule has 0 bridgehead atoms. The maximum absolute atomic E-state index is 13.1. The molecule has 0 aromatic heterocycles. The van der Waals surface area contributed by atoms with Gasteiger partial charge in [0.05, 0.1) is 26.4 Å². The lowest BCUT2D eigenvalue weighted by molar-refractivity contribution is -0.161. The summed E-state index contributed by atoms with van der Waals surface area (Å²) in [4.78, 5) is 72.9. The van der Waals surface area contributed by atoms with Crippen LogP contribution in [0.2, 0.25) is 0 Å². The van der Waals surface area contributed by atoms with Crippen molar-refractivity contribution in [2.75, 3.05) is 39.6 Å². The van der Waals surface area contributed by atoms with E-state index in [1.807, 2.05) is 12.2 Å². The number of carbonyl (C=O) groups is 4. The smallest absolute Gasteiger partial charge is 0.462 e. The van der Waals surface area contributed by atoms with E-state index in [9.17, 15) is 43.2 Å². The summed E-state index contributed by atoms with van der Waals surface area (Å²) in [5.74, 6) is -2.25. The van der Waals surface area contributed by atoms with E-state index >= 15 is 0 Å². The molecule has 0 rings (SSSR count). The van der Waals surface area contributed by atoms with E-state index in [0.717, 1.165) is 141 Å². The van der Waals surface area contributed by atoms with Gasteiger partial charge in [0.15, 0.2) is 12.2 Å². The lowest BCUT2D eigenvalue weighted by atomic mass is 10.0. The Kier molecular flexibility index (Phi) is 70.4. The third kappa shape index (κ3) is 72.3. The highest BCUT2D eigenvalue weighted by atomic mass is 31.2. The molecule has 100 heavy (non-hydrogen) atoms. The van der Waals surface area contributed by atoms with Crippen LogP contribution in [0.3, 0.4) is 0 Å². The molecule has 0 aliphatic heterocycles. The molecular weight excluding hydrogens is 1310 g/mol. The number of hydrogen-bond donors (Lipinski definition) is 3. The van der Waals surface area contributed by atoms with Crippen molar-refractivity contribution in [3.8, 4) is 0 Å². The monoisotopic (exact) mass is 1450 g/mol. The Morgan fingerprint density at radius 1 is 0.280 bits per heavy atom. The average molecular weight is 1450 g/mol. The topological polar surface area (TPSA) is 237 Å². The van der Waals surface area contributed by atoms with Crippen molar-refractivity contribution in [2.45, 2.75) is 354 Å². The molecule has 0 fully saturated rings. The molecule has 0 spiro atoms. The third-order valence-corrected chi connectivity index (χ3v) is 18.4. The van der Waals surface area contributed by atoms with Gasteiger partial charge in [0.1, 0.15) is 19.3 Å². The highest BCUT2D eigenvalue weighted by Gasteiger charge is 2.30. The van der Waals surface area contributed by atoms with Gasteiger partial charge >= 0.3 is 39.5 Å². The van der Waals surface area contributed by atoms with Crippen molar-refractivity contribution in [1.82, 2.24) is 0 Å². The van der Waals surface area contributed by atoms with Gasteiger partial charge in [-0.3, -0.25) is 37.3 Å². The molecule has 0 saturated heterocycles. The standard InChI is InChI=1S/C81H142O17P2/c1-5-9-13-17-21-25-29-33-36-37-40-44-48-52-56-60-64-68-81(86)98-77(72-92-79(84)66-62-58-54-50-46-43-39-35-31-27-23-19-15-11-7-3)74-96-100(89,90)94-70-75(82)69-93-99(87,88)95-73-76(97-80(85)67-63-59-55-51-47-41-32-28-24-20-16-12-8-4)71-91-78(83)65-61-57-53-49-45-42-38-34-30-26-22-18-14-10-6-2/h21-23,25-27,33-36,38-40,44,52,56,75-77,82H,5-20,24,28-32,37,41-43,45-51,53-55,57-74H2,1-4H3,(H,87,88)(H,89,90)/b25-21-,26-22-,27-23-,36-33-,38-34-,39-35-,44-40-,56-52-/t75-,76+,77+/m0/s1. The van der Waals surface area contributed by atoms with Crippen LogP contribution in [0.4, 0.5) is 0 Å². The van der Waals surface area contributed by atoms with Crippen molar-refractivity contribution in [3.63, 3.8) is 0 Å². The molecule has 578 valence electrons. The number of rotatable bonds is 74. The van der Waals surface area contributed by atoms with Crippen LogP contribution >= 0.6 is 15.6 Å². The van der Waals surface area contributed by atoms with Crippen molar-refractivity contribution >= 4 is 39.5 Å². The van der Waals surface area contributed by atoms with Crippen LogP contribution in [0.25, 0.3) is 0 Å². The number of esters is 4. The van der Waals surface area contributed by atoms with Crippen molar-refractivity contribution in [3.05, 3.63) is 97.2 Å². The number of hydrogen-bond acceptors (Lipinski definition) is 15. The molecular formula is C81H142O17P2. The molecule has 5 atom stereocenters. The highest BCUT2D eigenvalue weighted by Crippen LogP contribution is 2.45. The lowest BCUT2D eigenvalue weighted by Crippen LogP contribution is -2.30. The molecule has 2 unspecified atom stereocenters. The molecule has 0 aromatic rings. The van der Waals surface area contributed by atoms with Crippen LogP contribution in [-0.2, 0) is 65.4 Å². The van der Waals surface area contributed by atoms with Crippen molar-refractivity contribution in [2.24, 2.45) is 0 Å². The second-order valence-corrected chi connectivity index (χ2v) is 29.2. The van der Waals surface area contributed by atoms with Gasteiger partial charge in [0.2, 0.25) is 0 Å². The molecule has 0 aromatic carbocycles. The summed E-state index contributed by atoms with van der Waals surface area (Å²) in [7, 11) is -9.97. The largest absolute Gasteiger partial charge is 0.472 e.